The van der Waals surface area contributed by atoms with Crippen LogP contribution in [0.3, 0.4) is 0 Å². The van der Waals surface area contributed by atoms with Crippen LogP contribution < -0.4 is 16.4 Å². The number of anilines is 1. The third kappa shape index (κ3) is 8.19. The minimum Gasteiger partial charge on any atom is -0.378 e. The SMILES string of the molecule is C=CC(C)(C)c1cc(F)c2c(=O)n(-c3cccc(-c4cc(N/C(C)=C/C=C(\C)C(=O)N5CCOCC5)c(=O)n(C)n4)c3C)ccc2c1.CCC. The van der Waals surface area contributed by atoms with Crippen LogP contribution in [-0.2, 0) is 22.0 Å². The number of nitrogens with zero attached hydrogens (tertiary/aromatic N) is 4. The molecule has 1 aliphatic rings. The zero-order chi connectivity index (χ0) is 36.7. The molecule has 2 aromatic carbocycles. The number of rotatable bonds is 8. The van der Waals surface area contributed by atoms with Crippen LogP contribution in [0.2, 0.25) is 0 Å². The van der Waals surface area contributed by atoms with Gasteiger partial charge in [0, 0.05) is 48.6 Å². The van der Waals surface area contributed by atoms with Crippen molar-refractivity contribution in [3.05, 3.63) is 122 Å². The Kier molecular flexibility index (Phi) is 12.1. The molecular formula is C40H48FN5O4. The van der Waals surface area contributed by atoms with E-state index in [9.17, 15) is 14.4 Å². The third-order valence-corrected chi connectivity index (χ3v) is 8.67. The van der Waals surface area contributed by atoms with Gasteiger partial charge in [0.15, 0.2) is 0 Å². The number of morpholine rings is 1. The fourth-order valence-corrected chi connectivity index (χ4v) is 5.59. The normalized spacial score (nSPS) is 13.9. The minimum atomic E-state index is -0.588. The highest BCUT2D eigenvalue weighted by Gasteiger charge is 2.21. The van der Waals surface area contributed by atoms with Crippen LogP contribution >= 0.6 is 0 Å². The lowest BCUT2D eigenvalue weighted by atomic mass is 9.84. The largest absolute Gasteiger partial charge is 0.378 e. The van der Waals surface area contributed by atoms with E-state index in [1.54, 1.807) is 74.5 Å². The molecule has 0 unspecified atom stereocenters. The van der Waals surface area contributed by atoms with Crippen LogP contribution in [0.1, 0.15) is 59.1 Å². The summed E-state index contributed by atoms with van der Waals surface area (Å²) in [5, 5.41) is 8.17. The monoisotopic (exact) mass is 681 g/mol. The van der Waals surface area contributed by atoms with Gasteiger partial charge in [-0.3, -0.25) is 19.0 Å². The molecule has 1 amide bonds. The van der Waals surface area contributed by atoms with Gasteiger partial charge >= 0.3 is 0 Å². The molecule has 4 aromatic rings. The Morgan fingerprint density at radius 1 is 1.06 bits per heavy atom. The van der Waals surface area contributed by atoms with Crippen molar-refractivity contribution in [3.8, 4) is 16.9 Å². The molecular weight excluding hydrogens is 633 g/mol. The Morgan fingerprint density at radius 3 is 2.40 bits per heavy atom. The lowest BCUT2D eigenvalue weighted by molar-refractivity contribution is -0.131. The highest BCUT2D eigenvalue weighted by Crippen LogP contribution is 2.30. The van der Waals surface area contributed by atoms with E-state index < -0.39 is 16.8 Å². The molecule has 1 fully saturated rings. The summed E-state index contributed by atoms with van der Waals surface area (Å²) in [5.41, 5.74) is 3.49. The van der Waals surface area contributed by atoms with Gasteiger partial charge in [-0.15, -0.1) is 6.58 Å². The number of pyridine rings is 1. The van der Waals surface area contributed by atoms with Gasteiger partial charge in [-0.2, -0.15) is 5.10 Å². The van der Waals surface area contributed by atoms with Crippen LogP contribution in [0.4, 0.5) is 10.1 Å². The number of nitrogens with one attached hydrogen (secondary N) is 1. The topological polar surface area (TPSA) is 98.5 Å². The Labute approximate surface area is 293 Å². The lowest BCUT2D eigenvalue weighted by Gasteiger charge is -2.27. The Morgan fingerprint density at radius 2 is 1.74 bits per heavy atom. The number of carbonyl (C=O) groups excluding carboxylic acids is 1. The molecule has 1 aliphatic heterocycles. The van der Waals surface area contributed by atoms with Gasteiger partial charge in [-0.25, -0.2) is 9.07 Å². The van der Waals surface area contributed by atoms with E-state index in [0.29, 0.717) is 65.6 Å². The molecule has 3 heterocycles. The van der Waals surface area contributed by atoms with Crippen molar-refractivity contribution >= 4 is 22.4 Å². The fourth-order valence-electron chi connectivity index (χ4n) is 5.59. The van der Waals surface area contributed by atoms with Gasteiger partial charge in [0.05, 0.1) is 30.0 Å². The quantitative estimate of drug-likeness (QED) is 0.120. The number of hydrogen-bond acceptors (Lipinski definition) is 6. The maximum absolute atomic E-state index is 15.4. The lowest BCUT2D eigenvalue weighted by Crippen LogP contribution is -2.41. The number of benzene rings is 2. The maximum Gasteiger partial charge on any atom is 0.290 e. The summed E-state index contributed by atoms with van der Waals surface area (Å²) in [6.45, 7) is 19.6. The number of fused-ring (bicyclic) bond motifs is 1. The van der Waals surface area contributed by atoms with Gasteiger partial charge in [-0.1, -0.05) is 58.4 Å². The van der Waals surface area contributed by atoms with E-state index in [1.165, 1.54) is 21.7 Å². The summed E-state index contributed by atoms with van der Waals surface area (Å²) in [6.07, 6.45) is 8.14. The molecule has 5 rings (SSSR count). The number of amides is 1. The molecule has 0 atom stereocenters. The summed E-state index contributed by atoms with van der Waals surface area (Å²) in [5.74, 6) is -0.639. The third-order valence-electron chi connectivity index (χ3n) is 8.67. The number of ether oxygens (including phenoxy) is 1. The van der Waals surface area contributed by atoms with E-state index >= 15 is 4.39 Å². The first-order valence-electron chi connectivity index (χ1n) is 16.9. The van der Waals surface area contributed by atoms with Crippen molar-refractivity contribution in [3.63, 3.8) is 0 Å². The molecule has 0 bridgehead atoms. The molecule has 2 aromatic heterocycles. The fraction of sp³-hybridized carbons (Fsp3) is 0.350. The van der Waals surface area contributed by atoms with E-state index in [2.05, 4.69) is 30.8 Å². The first-order valence-corrected chi connectivity index (χ1v) is 16.9. The highest BCUT2D eigenvalue weighted by molar-refractivity contribution is 5.93. The standard InChI is InChI=1S/C37H40FN5O4.C3H8/c1-8-37(5,6)27-20-26-14-15-43(36(46)33(26)29(38)21-27)32-11-9-10-28(25(32)4)30-22-31(35(45)41(7)40-30)39-24(3)13-12-23(2)34(44)42-16-18-47-19-17-42;1-3-2/h8-15,20-22,39H,1,16-19H2,2-7H3;3H2,1-2H3/b23-12+,24-13+;. The van der Waals surface area contributed by atoms with Gasteiger partial charge in [0.1, 0.15) is 11.5 Å². The van der Waals surface area contributed by atoms with E-state index in [4.69, 9.17) is 4.74 Å². The first kappa shape index (κ1) is 37.7. The second kappa shape index (κ2) is 16.1. The molecule has 9 nitrogen and oxygen atoms in total. The number of allylic oxidation sites excluding steroid dienone is 4. The van der Waals surface area contributed by atoms with Crippen molar-refractivity contribution in [2.45, 2.75) is 60.3 Å². The van der Waals surface area contributed by atoms with Crippen molar-refractivity contribution < 1.29 is 13.9 Å². The summed E-state index contributed by atoms with van der Waals surface area (Å²) in [4.78, 5) is 41.2. The predicted octanol–water partition coefficient (Wildman–Crippen LogP) is 7.20. The molecule has 0 spiro atoms. The highest BCUT2D eigenvalue weighted by atomic mass is 19.1. The molecule has 0 saturated carbocycles. The smallest absolute Gasteiger partial charge is 0.290 e. The maximum atomic E-state index is 15.4. The van der Waals surface area contributed by atoms with Gasteiger partial charge in [0.2, 0.25) is 5.91 Å². The number of aromatic nitrogens is 3. The van der Waals surface area contributed by atoms with Crippen LogP contribution in [0.25, 0.3) is 27.7 Å². The van der Waals surface area contributed by atoms with Crippen LogP contribution in [0.15, 0.2) is 94.3 Å². The summed E-state index contributed by atoms with van der Waals surface area (Å²) >= 11 is 0. The van der Waals surface area contributed by atoms with Crippen molar-refractivity contribution in [2.24, 2.45) is 7.05 Å². The van der Waals surface area contributed by atoms with E-state index in [1.807, 2.05) is 32.9 Å². The molecule has 0 aliphatic carbocycles. The summed E-state index contributed by atoms with van der Waals surface area (Å²) < 4.78 is 23.5. The van der Waals surface area contributed by atoms with Crippen LogP contribution in [-0.4, -0.2) is 51.5 Å². The van der Waals surface area contributed by atoms with Gasteiger partial charge in [0.25, 0.3) is 11.1 Å². The minimum absolute atomic E-state index is 0.00540. The molecule has 0 radical (unpaired) electrons. The first-order chi connectivity index (χ1) is 23.7. The Hall–Kier alpha value is -5.09. The summed E-state index contributed by atoms with van der Waals surface area (Å²) in [7, 11) is 1.57. The van der Waals surface area contributed by atoms with E-state index in [-0.39, 0.29) is 16.9 Å². The zero-order valence-corrected chi connectivity index (χ0v) is 30.4. The molecule has 1 N–H and O–H groups in total. The molecule has 264 valence electrons. The predicted molar refractivity (Wildman–Crippen MR) is 200 cm³/mol. The number of hydrogen-bond donors (Lipinski definition) is 1. The Balaban J connectivity index is 0.00000181. The van der Waals surface area contributed by atoms with Crippen molar-refractivity contribution in [1.82, 2.24) is 19.2 Å². The number of aryl methyl sites for hydroxylation is 1. The second-order valence-electron chi connectivity index (χ2n) is 13.1. The van der Waals surface area contributed by atoms with Crippen LogP contribution in [0.5, 0.6) is 0 Å². The number of carbonyl (C=O) groups is 1. The summed E-state index contributed by atoms with van der Waals surface area (Å²) in [6, 6.07) is 12.1. The Bertz CT molecular complexity index is 2080. The zero-order valence-electron chi connectivity index (χ0n) is 30.4. The van der Waals surface area contributed by atoms with Crippen LogP contribution in [0, 0.1) is 12.7 Å². The van der Waals surface area contributed by atoms with Gasteiger partial charge < -0.3 is 15.0 Å². The molecule has 1 saturated heterocycles. The second-order valence-corrected chi connectivity index (χ2v) is 13.1. The molecule has 10 heteroatoms. The van der Waals surface area contributed by atoms with Gasteiger partial charge in [-0.05, 0) is 73.7 Å². The van der Waals surface area contributed by atoms with Crippen molar-refractivity contribution in [1.29, 1.82) is 0 Å². The van der Waals surface area contributed by atoms with Crippen molar-refractivity contribution in [2.75, 3.05) is 31.6 Å². The average Bonchev–Trinajstić information content (AvgIpc) is 3.09. The molecule has 50 heavy (non-hydrogen) atoms. The van der Waals surface area contributed by atoms with E-state index in [0.717, 1.165) is 11.1 Å². The average molecular weight is 682 g/mol. The number of halogens is 1.